The number of amides is 2. The van der Waals surface area contributed by atoms with Crippen molar-refractivity contribution in [1.29, 1.82) is 0 Å². The fourth-order valence-corrected chi connectivity index (χ4v) is 4.68. The number of imide groups is 1. The summed E-state index contributed by atoms with van der Waals surface area (Å²) >= 11 is 0.949. The average Bonchev–Trinajstić information content (AvgIpc) is 3.05. The van der Waals surface area contributed by atoms with E-state index in [1.165, 1.54) is 18.1 Å². The number of nitrogens with one attached hydrogen (secondary N) is 1. The lowest BCUT2D eigenvalue weighted by Gasteiger charge is -2.37. The van der Waals surface area contributed by atoms with Gasteiger partial charge in [-0.05, 0) is 25.0 Å². The second kappa shape index (κ2) is 7.93. The lowest BCUT2D eigenvalue weighted by atomic mass is 9.89. The normalized spacial score (nSPS) is 22.6. The summed E-state index contributed by atoms with van der Waals surface area (Å²) < 4.78 is 45.3. The number of halogens is 3. The van der Waals surface area contributed by atoms with Crippen molar-refractivity contribution in [2.75, 3.05) is 18.2 Å². The topological polar surface area (TPSA) is 84.4 Å². The summed E-state index contributed by atoms with van der Waals surface area (Å²) in [6.07, 6.45) is -1.86. The number of aromatic nitrogens is 2. The van der Waals surface area contributed by atoms with Gasteiger partial charge in [-0.25, -0.2) is 9.97 Å². The summed E-state index contributed by atoms with van der Waals surface area (Å²) in [7, 11) is 1.42. The number of anilines is 1. The van der Waals surface area contributed by atoms with Crippen LogP contribution in [0.2, 0.25) is 0 Å². The Kier molecular flexibility index (Phi) is 5.48. The zero-order valence-electron chi connectivity index (χ0n) is 16.0. The van der Waals surface area contributed by atoms with Crippen molar-refractivity contribution in [3.05, 3.63) is 24.0 Å². The number of ether oxygens (including phenoxy) is 1. The summed E-state index contributed by atoms with van der Waals surface area (Å²) in [5, 5.41) is 3.19. The molecule has 0 bridgehead atoms. The van der Waals surface area contributed by atoms with E-state index in [0.29, 0.717) is 24.0 Å². The molecule has 1 aromatic carbocycles. The van der Waals surface area contributed by atoms with Gasteiger partial charge in [-0.1, -0.05) is 24.6 Å². The molecule has 2 atom stereocenters. The Bertz CT molecular complexity index is 985. The van der Waals surface area contributed by atoms with E-state index in [0.717, 1.165) is 24.6 Å². The van der Waals surface area contributed by atoms with Crippen molar-refractivity contribution in [2.45, 2.75) is 43.9 Å². The van der Waals surface area contributed by atoms with E-state index in [-0.39, 0.29) is 28.2 Å². The average molecular weight is 440 g/mol. The maximum atomic E-state index is 13.4. The van der Waals surface area contributed by atoms with Crippen LogP contribution in [0.15, 0.2) is 18.2 Å². The van der Waals surface area contributed by atoms with E-state index in [2.05, 4.69) is 15.3 Å². The molecule has 2 aliphatic rings. The van der Waals surface area contributed by atoms with Crippen LogP contribution in [0.5, 0.6) is 5.75 Å². The lowest BCUT2D eigenvalue weighted by Crippen LogP contribution is -2.50. The summed E-state index contributed by atoms with van der Waals surface area (Å²) in [4.78, 5) is 33.1. The quantitative estimate of drug-likeness (QED) is 0.767. The minimum Gasteiger partial charge on any atom is -0.497 e. The first-order valence-corrected chi connectivity index (χ1v) is 10.4. The van der Waals surface area contributed by atoms with Crippen LogP contribution in [0.1, 0.15) is 31.5 Å². The van der Waals surface area contributed by atoms with Gasteiger partial charge in [-0.3, -0.25) is 14.5 Å². The van der Waals surface area contributed by atoms with Crippen molar-refractivity contribution in [1.82, 2.24) is 14.9 Å². The smallest absolute Gasteiger partial charge is 0.451 e. The van der Waals surface area contributed by atoms with Crippen molar-refractivity contribution >= 4 is 39.6 Å². The van der Waals surface area contributed by atoms with E-state index in [9.17, 15) is 22.8 Å². The van der Waals surface area contributed by atoms with Gasteiger partial charge < -0.3 is 10.1 Å². The third-order valence-electron chi connectivity index (χ3n) is 5.33. The predicted octanol–water partition coefficient (Wildman–Crippen LogP) is 4.08. The molecule has 2 amide bonds. The number of thioether (sulfide) groups is 1. The van der Waals surface area contributed by atoms with Gasteiger partial charge in [0, 0.05) is 17.5 Å². The highest BCUT2D eigenvalue weighted by Gasteiger charge is 2.41. The third kappa shape index (κ3) is 3.90. The summed E-state index contributed by atoms with van der Waals surface area (Å²) in [6.45, 7) is 0. The molecule has 11 heteroatoms. The second-order valence-electron chi connectivity index (χ2n) is 7.20. The van der Waals surface area contributed by atoms with Crippen LogP contribution in [0.4, 0.5) is 23.8 Å². The predicted molar refractivity (Wildman–Crippen MR) is 105 cm³/mol. The third-order valence-corrected chi connectivity index (χ3v) is 6.16. The van der Waals surface area contributed by atoms with E-state index in [1.807, 2.05) is 0 Å². The van der Waals surface area contributed by atoms with Gasteiger partial charge >= 0.3 is 6.18 Å². The van der Waals surface area contributed by atoms with Crippen LogP contribution in [0.3, 0.4) is 0 Å². The van der Waals surface area contributed by atoms with E-state index >= 15 is 0 Å². The minimum atomic E-state index is -4.73. The molecule has 1 saturated carbocycles. The molecular formula is C19H19F3N4O3S. The van der Waals surface area contributed by atoms with Crippen LogP contribution >= 0.6 is 11.8 Å². The molecule has 4 rings (SSSR count). The monoisotopic (exact) mass is 440 g/mol. The Hall–Kier alpha value is -2.56. The largest absolute Gasteiger partial charge is 0.497 e. The number of nitrogens with zero attached hydrogens (tertiary/aromatic N) is 3. The molecule has 30 heavy (non-hydrogen) atoms. The van der Waals surface area contributed by atoms with Crippen LogP contribution in [0.25, 0.3) is 10.9 Å². The van der Waals surface area contributed by atoms with Crippen molar-refractivity contribution in [2.24, 2.45) is 0 Å². The van der Waals surface area contributed by atoms with Crippen LogP contribution in [0, 0.1) is 0 Å². The standard InChI is InChI=1S/C19H19F3N4O3S/c1-29-10-6-7-11-13(8-10)24-17(19(20,21)22)25-16(11)23-12-4-2-3-5-14(12)26-15(27)9-30-18(26)28/h6-8,12,14H,2-5,9H2,1H3,(H,23,24,25). The molecule has 2 fully saturated rings. The maximum absolute atomic E-state index is 13.4. The zero-order chi connectivity index (χ0) is 21.5. The van der Waals surface area contributed by atoms with Crippen molar-refractivity contribution in [3.63, 3.8) is 0 Å². The molecular weight excluding hydrogens is 421 g/mol. The van der Waals surface area contributed by atoms with E-state index in [1.54, 1.807) is 12.1 Å². The number of hydrogen-bond acceptors (Lipinski definition) is 7. The Morgan fingerprint density at radius 1 is 1.20 bits per heavy atom. The number of methoxy groups -OCH3 is 1. The van der Waals surface area contributed by atoms with Crippen LogP contribution in [-0.2, 0) is 11.0 Å². The van der Waals surface area contributed by atoms with Crippen molar-refractivity contribution in [3.8, 4) is 5.75 Å². The number of carbonyl (C=O) groups is 2. The molecule has 1 aromatic heterocycles. The number of carbonyl (C=O) groups excluding carboxylic acids is 2. The Balaban J connectivity index is 1.74. The number of fused-ring (bicyclic) bond motifs is 1. The van der Waals surface area contributed by atoms with E-state index in [4.69, 9.17) is 4.74 Å². The number of alkyl halides is 3. The summed E-state index contributed by atoms with van der Waals surface area (Å²) in [6, 6.07) is 3.81. The Morgan fingerprint density at radius 2 is 1.97 bits per heavy atom. The van der Waals surface area contributed by atoms with Crippen LogP contribution < -0.4 is 10.1 Å². The highest BCUT2D eigenvalue weighted by Crippen LogP contribution is 2.35. The molecule has 1 aliphatic heterocycles. The highest BCUT2D eigenvalue weighted by molar-refractivity contribution is 8.14. The van der Waals surface area contributed by atoms with Gasteiger partial charge in [-0.2, -0.15) is 13.2 Å². The molecule has 1 aliphatic carbocycles. The first kappa shape index (κ1) is 20.7. The molecule has 0 radical (unpaired) electrons. The van der Waals surface area contributed by atoms with Gasteiger partial charge in [-0.15, -0.1) is 0 Å². The molecule has 2 unspecified atom stereocenters. The molecule has 1 saturated heterocycles. The van der Waals surface area contributed by atoms with Gasteiger partial charge in [0.1, 0.15) is 11.6 Å². The number of rotatable bonds is 4. The summed E-state index contributed by atoms with van der Waals surface area (Å²) in [5.41, 5.74) is 0.0930. The molecule has 160 valence electrons. The lowest BCUT2D eigenvalue weighted by molar-refractivity contribution is -0.144. The molecule has 2 heterocycles. The number of benzene rings is 1. The Labute approximate surface area is 174 Å². The fraction of sp³-hybridized carbons (Fsp3) is 0.474. The fourth-order valence-electron chi connectivity index (χ4n) is 3.92. The minimum absolute atomic E-state index is 0.0265. The maximum Gasteiger partial charge on any atom is 0.451 e. The van der Waals surface area contributed by atoms with E-state index < -0.39 is 24.1 Å². The zero-order valence-corrected chi connectivity index (χ0v) is 16.8. The van der Waals surface area contributed by atoms with Gasteiger partial charge in [0.25, 0.3) is 5.24 Å². The SMILES string of the molecule is COc1ccc2c(NC3CCCCC3N3C(=O)CSC3=O)nc(C(F)(F)F)nc2c1. The number of hydrogen-bond donors (Lipinski definition) is 1. The van der Waals surface area contributed by atoms with Crippen molar-refractivity contribution < 1.29 is 27.5 Å². The first-order chi connectivity index (χ1) is 14.3. The molecule has 1 N–H and O–H groups in total. The van der Waals surface area contributed by atoms with Crippen LogP contribution in [-0.4, -0.2) is 51.0 Å². The van der Waals surface area contributed by atoms with Gasteiger partial charge in [0.05, 0.1) is 24.4 Å². The Morgan fingerprint density at radius 3 is 2.63 bits per heavy atom. The van der Waals surface area contributed by atoms with Gasteiger partial charge in [0.15, 0.2) is 0 Å². The first-order valence-electron chi connectivity index (χ1n) is 9.46. The van der Waals surface area contributed by atoms with Gasteiger partial charge in [0.2, 0.25) is 11.7 Å². The highest BCUT2D eigenvalue weighted by atomic mass is 32.2. The molecule has 7 nitrogen and oxygen atoms in total. The molecule has 2 aromatic rings. The second-order valence-corrected chi connectivity index (χ2v) is 8.12. The molecule has 0 spiro atoms. The summed E-state index contributed by atoms with van der Waals surface area (Å²) in [5.74, 6) is -1.03.